The number of aliphatic hydroxyl groups is 1. The van der Waals surface area contributed by atoms with Gasteiger partial charge in [0.25, 0.3) is 0 Å². The summed E-state index contributed by atoms with van der Waals surface area (Å²) in [6.07, 6.45) is 0. The van der Waals surface area contributed by atoms with E-state index in [1.54, 1.807) is 6.07 Å². The maximum absolute atomic E-state index is 8.72. The number of nitrogens with zero attached hydrogens (tertiary/aromatic N) is 3. The van der Waals surface area contributed by atoms with Gasteiger partial charge in [-0.05, 0) is 13.8 Å². The maximum atomic E-state index is 8.72. The molecule has 0 aliphatic heterocycles. The SMILES string of the molecule is CCN(CC)c1nc(N)cc(NCCO)n1. The molecular weight excluding hydrogens is 206 g/mol. The van der Waals surface area contributed by atoms with Crippen LogP contribution in [0, 0.1) is 0 Å². The third kappa shape index (κ3) is 3.23. The van der Waals surface area contributed by atoms with Gasteiger partial charge < -0.3 is 21.1 Å². The van der Waals surface area contributed by atoms with E-state index in [0.717, 1.165) is 13.1 Å². The van der Waals surface area contributed by atoms with Crippen LogP contribution in [0.15, 0.2) is 6.07 Å². The van der Waals surface area contributed by atoms with Crippen molar-refractivity contribution in [2.24, 2.45) is 0 Å². The number of nitrogens with two attached hydrogens (primary N) is 1. The Labute approximate surface area is 95.5 Å². The Balaban J connectivity index is 2.88. The standard InChI is InChI=1S/C10H19N5O/c1-3-15(4-2)10-13-8(11)7-9(14-10)12-5-6-16/h7,16H,3-6H2,1-2H3,(H3,11,12,13,14). The molecule has 0 aromatic carbocycles. The summed E-state index contributed by atoms with van der Waals surface area (Å²) in [6, 6.07) is 1.66. The summed E-state index contributed by atoms with van der Waals surface area (Å²) >= 11 is 0. The molecule has 6 heteroatoms. The highest BCUT2D eigenvalue weighted by atomic mass is 16.3. The molecule has 0 unspecified atom stereocenters. The smallest absolute Gasteiger partial charge is 0.229 e. The molecular formula is C10H19N5O. The van der Waals surface area contributed by atoms with E-state index < -0.39 is 0 Å². The molecule has 1 rings (SSSR count). The van der Waals surface area contributed by atoms with Gasteiger partial charge in [-0.15, -0.1) is 0 Å². The Kier molecular flexibility index (Phi) is 4.78. The van der Waals surface area contributed by atoms with Crippen LogP contribution in [-0.4, -0.2) is 41.3 Å². The third-order valence-corrected chi connectivity index (χ3v) is 2.20. The zero-order valence-corrected chi connectivity index (χ0v) is 9.77. The van der Waals surface area contributed by atoms with E-state index in [-0.39, 0.29) is 6.61 Å². The molecule has 6 nitrogen and oxygen atoms in total. The Bertz CT molecular complexity index is 327. The van der Waals surface area contributed by atoms with Crippen LogP contribution in [0.4, 0.5) is 17.6 Å². The largest absolute Gasteiger partial charge is 0.395 e. The second-order valence-electron chi connectivity index (χ2n) is 3.30. The molecule has 0 aliphatic carbocycles. The molecule has 90 valence electrons. The van der Waals surface area contributed by atoms with Crippen LogP contribution in [-0.2, 0) is 0 Å². The van der Waals surface area contributed by atoms with Gasteiger partial charge in [0.15, 0.2) is 0 Å². The quantitative estimate of drug-likeness (QED) is 0.646. The van der Waals surface area contributed by atoms with Crippen LogP contribution in [0.3, 0.4) is 0 Å². The minimum Gasteiger partial charge on any atom is -0.395 e. The molecule has 0 bridgehead atoms. The van der Waals surface area contributed by atoms with E-state index in [1.165, 1.54) is 0 Å². The van der Waals surface area contributed by atoms with Gasteiger partial charge in [-0.2, -0.15) is 9.97 Å². The molecule has 1 heterocycles. The zero-order valence-electron chi connectivity index (χ0n) is 9.77. The molecule has 0 amide bonds. The molecule has 0 fully saturated rings. The molecule has 0 aliphatic rings. The van der Waals surface area contributed by atoms with Crippen LogP contribution < -0.4 is 16.0 Å². The number of hydrogen-bond donors (Lipinski definition) is 3. The summed E-state index contributed by atoms with van der Waals surface area (Å²) in [5, 5.41) is 11.7. The molecule has 0 radical (unpaired) electrons. The molecule has 0 saturated heterocycles. The van der Waals surface area contributed by atoms with Crippen molar-refractivity contribution in [3.8, 4) is 0 Å². The maximum Gasteiger partial charge on any atom is 0.229 e. The van der Waals surface area contributed by atoms with Crippen LogP contribution in [0.5, 0.6) is 0 Å². The summed E-state index contributed by atoms with van der Waals surface area (Å²) in [5.41, 5.74) is 5.70. The first-order chi connectivity index (χ1) is 7.71. The number of aromatic nitrogens is 2. The van der Waals surface area contributed by atoms with Crippen LogP contribution in [0.1, 0.15) is 13.8 Å². The van der Waals surface area contributed by atoms with Crippen LogP contribution in [0.25, 0.3) is 0 Å². The lowest BCUT2D eigenvalue weighted by atomic mass is 10.5. The lowest BCUT2D eigenvalue weighted by molar-refractivity contribution is 0.311. The fraction of sp³-hybridized carbons (Fsp3) is 0.600. The van der Waals surface area contributed by atoms with E-state index >= 15 is 0 Å². The Morgan fingerprint density at radius 2 is 2.06 bits per heavy atom. The van der Waals surface area contributed by atoms with Crippen molar-refractivity contribution < 1.29 is 5.11 Å². The van der Waals surface area contributed by atoms with Crippen molar-refractivity contribution in [1.82, 2.24) is 9.97 Å². The van der Waals surface area contributed by atoms with Crippen molar-refractivity contribution in [2.45, 2.75) is 13.8 Å². The van der Waals surface area contributed by atoms with E-state index in [4.69, 9.17) is 10.8 Å². The fourth-order valence-electron chi connectivity index (χ4n) is 1.38. The van der Waals surface area contributed by atoms with Gasteiger partial charge in [0.2, 0.25) is 5.95 Å². The third-order valence-electron chi connectivity index (χ3n) is 2.20. The van der Waals surface area contributed by atoms with Crippen molar-refractivity contribution in [1.29, 1.82) is 0 Å². The van der Waals surface area contributed by atoms with E-state index in [1.807, 2.05) is 18.7 Å². The lowest BCUT2D eigenvalue weighted by Crippen LogP contribution is -2.25. The second kappa shape index (κ2) is 6.12. The van der Waals surface area contributed by atoms with Gasteiger partial charge in [0.1, 0.15) is 11.6 Å². The first-order valence-electron chi connectivity index (χ1n) is 5.45. The number of aliphatic hydroxyl groups excluding tert-OH is 1. The van der Waals surface area contributed by atoms with E-state index in [0.29, 0.717) is 24.1 Å². The summed E-state index contributed by atoms with van der Waals surface area (Å²) in [6.45, 7) is 6.26. The predicted octanol–water partition coefficient (Wildman–Crippen LogP) is 0.309. The van der Waals surface area contributed by atoms with Gasteiger partial charge in [-0.3, -0.25) is 0 Å². The molecule has 1 aromatic rings. The molecule has 4 N–H and O–H groups in total. The Morgan fingerprint density at radius 1 is 1.38 bits per heavy atom. The number of nitrogen functional groups attached to an aromatic ring is 1. The van der Waals surface area contributed by atoms with Gasteiger partial charge in [0.05, 0.1) is 6.61 Å². The van der Waals surface area contributed by atoms with Crippen molar-refractivity contribution in [2.75, 3.05) is 42.2 Å². The fourth-order valence-corrected chi connectivity index (χ4v) is 1.38. The molecule has 0 atom stereocenters. The summed E-state index contributed by atoms with van der Waals surface area (Å²) in [7, 11) is 0. The van der Waals surface area contributed by atoms with Crippen molar-refractivity contribution in [3.05, 3.63) is 6.07 Å². The number of hydrogen-bond acceptors (Lipinski definition) is 6. The summed E-state index contributed by atoms with van der Waals surface area (Å²) in [5.74, 6) is 1.69. The van der Waals surface area contributed by atoms with Gasteiger partial charge in [-0.25, -0.2) is 0 Å². The van der Waals surface area contributed by atoms with E-state index in [2.05, 4.69) is 15.3 Å². The minimum atomic E-state index is 0.0600. The minimum absolute atomic E-state index is 0.0600. The normalized spacial score (nSPS) is 10.2. The first kappa shape index (κ1) is 12.5. The van der Waals surface area contributed by atoms with Gasteiger partial charge >= 0.3 is 0 Å². The molecule has 0 spiro atoms. The first-order valence-corrected chi connectivity index (χ1v) is 5.45. The highest BCUT2D eigenvalue weighted by Gasteiger charge is 2.07. The van der Waals surface area contributed by atoms with E-state index in [9.17, 15) is 0 Å². The molecule has 16 heavy (non-hydrogen) atoms. The number of rotatable bonds is 6. The Hall–Kier alpha value is -1.56. The molecule has 1 aromatic heterocycles. The second-order valence-corrected chi connectivity index (χ2v) is 3.30. The highest BCUT2D eigenvalue weighted by Crippen LogP contribution is 2.14. The zero-order chi connectivity index (χ0) is 12.0. The average molecular weight is 225 g/mol. The monoisotopic (exact) mass is 225 g/mol. The topological polar surface area (TPSA) is 87.3 Å². The highest BCUT2D eigenvalue weighted by molar-refractivity contribution is 5.50. The molecule has 0 saturated carbocycles. The van der Waals surface area contributed by atoms with Gasteiger partial charge in [-0.1, -0.05) is 0 Å². The number of nitrogens with one attached hydrogen (secondary N) is 1. The van der Waals surface area contributed by atoms with Crippen LogP contribution >= 0.6 is 0 Å². The van der Waals surface area contributed by atoms with Gasteiger partial charge in [0, 0.05) is 25.7 Å². The van der Waals surface area contributed by atoms with Crippen molar-refractivity contribution in [3.63, 3.8) is 0 Å². The van der Waals surface area contributed by atoms with Crippen LogP contribution in [0.2, 0.25) is 0 Å². The average Bonchev–Trinajstić information content (AvgIpc) is 2.27. The Morgan fingerprint density at radius 3 is 2.62 bits per heavy atom. The predicted molar refractivity (Wildman–Crippen MR) is 65.6 cm³/mol. The summed E-state index contributed by atoms with van der Waals surface area (Å²) in [4.78, 5) is 10.5. The number of anilines is 3. The van der Waals surface area contributed by atoms with Crippen molar-refractivity contribution >= 4 is 17.6 Å². The lowest BCUT2D eigenvalue weighted by Gasteiger charge is -2.19. The summed E-state index contributed by atoms with van der Waals surface area (Å²) < 4.78 is 0.